The summed E-state index contributed by atoms with van der Waals surface area (Å²) in [6.07, 6.45) is 0.316. The van der Waals surface area contributed by atoms with Gasteiger partial charge in [0.05, 0.1) is 13.2 Å². The predicted octanol–water partition coefficient (Wildman–Crippen LogP) is 2.44. The van der Waals surface area contributed by atoms with Crippen molar-refractivity contribution < 1.29 is 14.6 Å². The molecule has 1 heterocycles. The van der Waals surface area contributed by atoms with Gasteiger partial charge in [0, 0.05) is 24.8 Å². The summed E-state index contributed by atoms with van der Waals surface area (Å²) in [7, 11) is 1.60. The summed E-state index contributed by atoms with van der Waals surface area (Å²) in [4.78, 5) is 15.0. The van der Waals surface area contributed by atoms with Crippen LogP contribution in [-0.2, 0) is 4.79 Å². The fourth-order valence-corrected chi connectivity index (χ4v) is 3.08. The Morgan fingerprint density at radius 1 is 1.25 bits per heavy atom. The summed E-state index contributed by atoms with van der Waals surface area (Å²) in [6, 6.07) is 16.5. The molecular formula is C19H22N2O3. The zero-order valence-electron chi connectivity index (χ0n) is 13.7. The Hall–Kier alpha value is -2.37. The first-order valence-electron chi connectivity index (χ1n) is 8.09. The Labute approximate surface area is 141 Å². The molecule has 0 radical (unpaired) electrons. The zero-order valence-corrected chi connectivity index (χ0v) is 13.7. The largest absolute Gasteiger partial charge is 0.497 e. The highest BCUT2D eigenvalue weighted by atomic mass is 16.5. The van der Waals surface area contributed by atoms with E-state index in [4.69, 9.17) is 4.74 Å². The van der Waals surface area contributed by atoms with E-state index in [0.717, 1.165) is 5.56 Å². The third-order valence-electron chi connectivity index (χ3n) is 4.26. The summed E-state index contributed by atoms with van der Waals surface area (Å²) < 4.78 is 5.20. The van der Waals surface area contributed by atoms with Gasteiger partial charge in [0.1, 0.15) is 11.8 Å². The molecule has 24 heavy (non-hydrogen) atoms. The third-order valence-corrected chi connectivity index (χ3v) is 4.26. The maximum absolute atomic E-state index is 12.9. The van der Waals surface area contributed by atoms with Crippen LogP contribution in [0.15, 0.2) is 54.6 Å². The molecule has 1 fully saturated rings. The molecule has 0 spiro atoms. The van der Waals surface area contributed by atoms with E-state index in [-0.39, 0.29) is 12.0 Å². The van der Waals surface area contributed by atoms with Crippen molar-refractivity contribution in [2.75, 3.05) is 25.5 Å². The molecule has 2 N–H and O–H groups in total. The van der Waals surface area contributed by atoms with Gasteiger partial charge in [0.15, 0.2) is 0 Å². The highest BCUT2D eigenvalue weighted by Gasteiger charge is 2.32. The minimum atomic E-state index is -0.422. The standard InChI is InChI=1S/C19H22N2O3/c1-24-17-9-5-8-15(12-17)20-19(23)18(14-6-3-2-4-7-14)21-11-10-16(22)13-21/h2-9,12,16,18,22H,10-11,13H2,1H3,(H,20,23)/t16-,18?/m0/s1. The van der Waals surface area contributed by atoms with Gasteiger partial charge in [-0.3, -0.25) is 9.69 Å². The van der Waals surface area contributed by atoms with Crippen LogP contribution >= 0.6 is 0 Å². The van der Waals surface area contributed by atoms with Gasteiger partial charge in [-0.15, -0.1) is 0 Å². The first-order chi connectivity index (χ1) is 11.7. The number of amides is 1. The molecule has 1 aliphatic rings. The molecule has 0 aromatic heterocycles. The number of aliphatic hydroxyl groups is 1. The molecule has 0 bridgehead atoms. The Morgan fingerprint density at radius 2 is 2.04 bits per heavy atom. The molecule has 1 unspecified atom stereocenters. The van der Waals surface area contributed by atoms with Crippen LogP contribution in [0, 0.1) is 0 Å². The molecule has 5 heteroatoms. The number of likely N-dealkylation sites (tertiary alicyclic amines) is 1. The van der Waals surface area contributed by atoms with Gasteiger partial charge in [-0.25, -0.2) is 0 Å². The van der Waals surface area contributed by atoms with Crippen LogP contribution < -0.4 is 10.1 Å². The normalized spacial score (nSPS) is 19.0. The van der Waals surface area contributed by atoms with E-state index in [9.17, 15) is 9.90 Å². The van der Waals surface area contributed by atoms with Gasteiger partial charge in [-0.1, -0.05) is 36.4 Å². The lowest BCUT2D eigenvalue weighted by Crippen LogP contribution is -2.36. The van der Waals surface area contributed by atoms with Gasteiger partial charge < -0.3 is 15.2 Å². The highest BCUT2D eigenvalue weighted by molar-refractivity contribution is 5.95. The highest BCUT2D eigenvalue weighted by Crippen LogP contribution is 2.27. The molecule has 2 aromatic rings. The van der Waals surface area contributed by atoms with Crippen molar-refractivity contribution >= 4 is 11.6 Å². The number of nitrogens with zero attached hydrogens (tertiary/aromatic N) is 1. The van der Waals surface area contributed by atoms with E-state index in [1.54, 1.807) is 13.2 Å². The number of methoxy groups -OCH3 is 1. The van der Waals surface area contributed by atoms with Crippen LogP contribution in [0.4, 0.5) is 5.69 Å². The fourth-order valence-electron chi connectivity index (χ4n) is 3.08. The van der Waals surface area contributed by atoms with Crippen LogP contribution in [0.3, 0.4) is 0 Å². The lowest BCUT2D eigenvalue weighted by molar-refractivity contribution is -0.121. The predicted molar refractivity (Wildman–Crippen MR) is 93.0 cm³/mol. The van der Waals surface area contributed by atoms with Crippen LogP contribution in [0.2, 0.25) is 0 Å². The van der Waals surface area contributed by atoms with E-state index < -0.39 is 6.04 Å². The molecule has 3 rings (SSSR count). The fraction of sp³-hybridized carbons (Fsp3) is 0.316. The van der Waals surface area contributed by atoms with Crippen molar-refractivity contribution in [2.24, 2.45) is 0 Å². The van der Waals surface area contributed by atoms with Crippen molar-refractivity contribution in [2.45, 2.75) is 18.6 Å². The molecule has 0 saturated carbocycles. The van der Waals surface area contributed by atoms with E-state index in [1.165, 1.54) is 0 Å². The number of hydrogen-bond donors (Lipinski definition) is 2. The van der Waals surface area contributed by atoms with E-state index in [2.05, 4.69) is 5.32 Å². The average Bonchev–Trinajstić information content (AvgIpc) is 3.02. The van der Waals surface area contributed by atoms with Crippen molar-refractivity contribution in [3.63, 3.8) is 0 Å². The Morgan fingerprint density at radius 3 is 2.71 bits per heavy atom. The van der Waals surface area contributed by atoms with E-state index in [1.807, 2.05) is 53.4 Å². The Kier molecular flexibility index (Phi) is 5.13. The zero-order chi connectivity index (χ0) is 16.9. The molecule has 1 amide bonds. The minimum absolute atomic E-state index is 0.108. The summed E-state index contributed by atoms with van der Waals surface area (Å²) in [5.74, 6) is 0.587. The monoisotopic (exact) mass is 326 g/mol. The molecule has 0 aliphatic carbocycles. The second-order valence-electron chi connectivity index (χ2n) is 5.97. The smallest absolute Gasteiger partial charge is 0.246 e. The summed E-state index contributed by atoms with van der Waals surface area (Å²) in [6.45, 7) is 1.21. The maximum atomic E-state index is 12.9. The summed E-state index contributed by atoms with van der Waals surface area (Å²) in [5.41, 5.74) is 1.62. The summed E-state index contributed by atoms with van der Waals surface area (Å²) >= 11 is 0. The van der Waals surface area contributed by atoms with Crippen molar-refractivity contribution in [3.8, 4) is 5.75 Å². The molecule has 1 saturated heterocycles. The first-order valence-corrected chi connectivity index (χ1v) is 8.09. The third kappa shape index (κ3) is 3.75. The molecule has 5 nitrogen and oxygen atoms in total. The van der Waals surface area contributed by atoms with Crippen LogP contribution in [-0.4, -0.2) is 42.2 Å². The van der Waals surface area contributed by atoms with Crippen molar-refractivity contribution in [1.82, 2.24) is 4.90 Å². The number of hydrogen-bond acceptors (Lipinski definition) is 4. The van der Waals surface area contributed by atoms with Gasteiger partial charge in [0.25, 0.3) is 0 Å². The number of rotatable bonds is 5. The Bertz CT molecular complexity index is 690. The van der Waals surface area contributed by atoms with Crippen LogP contribution in [0.25, 0.3) is 0 Å². The molecule has 1 aliphatic heterocycles. The number of nitrogens with one attached hydrogen (secondary N) is 1. The SMILES string of the molecule is COc1cccc(NC(=O)C(c2ccccc2)N2CC[C@H](O)C2)c1. The quantitative estimate of drug-likeness (QED) is 0.886. The number of benzene rings is 2. The number of anilines is 1. The van der Waals surface area contributed by atoms with Gasteiger partial charge in [0.2, 0.25) is 5.91 Å². The number of carbonyl (C=O) groups excluding carboxylic acids is 1. The van der Waals surface area contributed by atoms with Crippen LogP contribution in [0.1, 0.15) is 18.0 Å². The van der Waals surface area contributed by atoms with Gasteiger partial charge >= 0.3 is 0 Å². The lowest BCUT2D eigenvalue weighted by Gasteiger charge is -2.27. The van der Waals surface area contributed by atoms with E-state index >= 15 is 0 Å². The molecule has 2 atom stereocenters. The molecular weight excluding hydrogens is 304 g/mol. The number of carbonyl (C=O) groups is 1. The Balaban J connectivity index is 1.83. The molecule has 126 valence electrons. The maximum Gasteiger partial charge on any atom is 0.246 e. The topological polar surface area (TPSA) is 61.8 Å². The van der Waals surface area contributed by atoms with Crippen molar-refractivity contribution in [1.29, 1.82) is 0 Å². The first kappa shape index (κ1) is 16.5. The number of aliphatic hydroxyl groups excluding tert-OH is 1. The summed E-state index contributed by atoms with van der Waals surface area (Å²) in [5, 5.41) is 12.8. The number of β-amino-alcohol motifs (C(OH)–C–C–N with tert-alkyl or cyclic N) is 1. The molecule has 2 aromatic carbocycles. The average molecular weight is 326 g/mol. The number of ether oxygens (including phenoxy) is 1. The second-order valence-corrected chi connectivity index (χ2v) is 5.97. The lowest BCUT2D eigenvalue weighted by atomic mass is 10.0. The van der Waals surface area contributed by atoms with Crippen molar-refractivity contribution in [3.05, 3.63) is 60.2 Å². The van der Waals surface area contributed by atoms with Crippen LogP contribution in [0.5, 0.6) is 5.75 Å². The minimum Gasteiger partial charge on any atom is -0.497 e. The second kappa shape index (κ2) is 7.47. The van der Waals surface area contributed by atoms with Gasteiger partial charge in [-0.2, -0.15) is 0 Å². The van der Waals surface area contributed by atoms with Gasteiger partial charge in [-0.05, 0) is 24.1 Å². The van der Waals surface area contributed by atoms with E-state index in [0.29, 0.717) is 30.9 Å².